The number of aromatic carboxylic acids is 1. The summed E-state index contributed by atoms with van der Waals surface area (Å²) in [5.41, 5.74) is 0.162. The largest absolute Gasteiger partial charge is 0.496 e. The molecule has 16 heavy (non-hydrogen) atoms. The standard InChI is InChI=1S/C10H9BrO5/c1-16-8-2-5(3-9(12)13)6(10(14)15)4-7(8)11/h2,4H,3H2,1H3,(H,12,13)(H,14,15). The summed E-state index contributed by atoms with van der Waals surface area (Å²) >= 11 is 3.14. The van der Waals surface area contributed by atoms with Crippen molar-refractivity contribution in [3.8, 4) is 5.75 Å². The number of halogens is 1. The lowest BCUT2D eigenvalue weighted by Gasteiger charge is -2.08. The highest BCUT2D eigenvalue weighted by Crippen LogP contribution is 2.29. The van der Waals surface area contributed by atoms with Crippen LogP contribution in [0.25, 0.3) is 0 Å². The molecule has 0 aromatic heterocycles. The Hall–Kier alpha value is -1.56. The molecule has 1 aromatic rings. The summed E-state index contributed by atoms with van der Waals surface area (Å²) in [4.78, 5) is 21.5. The number of ether oxygens (including phenoxy) is 1. The molecule has 0 aliphatic carbocycles. The van der Waals surface area contributed by atoms with Crippen LogP contribution < -0.4 is 4.74 Å². The van der Waals surface area contributed by atoms with E-state index in [0.717, 1.165) is 0 Å². The minimum absolute atomic E-state index is 0.0462. The quantitative estimate of drug-likeness (QED) is 0.882. The lowest BCUT2D eigenvalue weighted by atomic mass is 10.0. The summed E-state index contributed by atoms with van der Waals surface area (Å²) in [5, 5.41) is 17.6. The lowest BCUT2D eigenvalue weighted by Crippen LogP contribution is -2.08. The fraction of sp³-hybridized carbons (Fsp3) is 0.200. The van der Waals surface area contributed by atoms with Gasteiger partial charge in [0.05, 0.1) is 23.6 Å². The molecule has 0 spiro atoms. The zero-order valence-electron chi connectivity index (χ0n) is 8.36. The highest BCUT2D eigenvalue weighted by atomic mass is 79.9. The van der Waals surface area contributed by atoms with E-state index in [4.69, 9.17) is 14.9 Å². The van der Waals surface area contributed by atoms with Crippen molar-refractivity contribution in [1.82, 2.24) is 0 Å². The van der Waals surface area contributed by atoms with Crippen LogP contribution in [0, 0.1) is 0 Å². The number of rotatable bonds is 4. The molecule has 2 N–H and O–H groups in total. The third-order valence-electron chi connectivity index (χ3n) is 1.95. The highest BCUT2D eigenvalue weighted by Gasteiger charge is 2.16. The fourth-order valence-electron chi connectivity index (χ4n) is 1.26. The normalized spacial score (nSPS) is 9.88. The monoisotopic (exact) mass is 288 g/mol. The van der Waals surface area contributed by atoms with Gasteiger partial charge >= 0.3 is 11.9 Å². The smallest absolute Gasteiger partial charge is 0.336 e. The van der Waals surface area contributed by atoms with Gasteiger partial charge in [0.1, 0.15) is 5.75 Å². The Morgan fingerprint density at radius 3 is 2.44 bits per heavy atom. The maximum Gasteiger partial charge on any atom is 0.336 e. The predicted molar refractivity (Wildman–Crippen MR) is 59.0 cm³/mol. The van der Waals surface area contributed by atoms with E-state index in [1.807, 2.05) is 0 Å². The van der Waals surface area contributed by atoms with E-state index in [1.165, 1.54) is 19.2 Å². The second-order valence-corrected chi connectivity index (χ2v) is 3.87. The highest BCUT2D eigenvalue weighted by molar-refractivity contribution is 9.10. The summed E-state index contributed by atoms with van der Waals surface area (Å²) in [5.74, 6) is -1.85. The lowest BCUT2D eigenvalue weighted by molar-refractivity contribution is -0.136. The third-order valence-corrected chi connectivity index (χ3v) is 2.57. The van der Waals surface area contributed by atoms with Crippen LogP contribution in [0.5, 0.6) is 5.75 Å². The Morgan fingerprint density at radius 1 is 1.38 bits per heavy atom. The molecular formula is C10H9BrO5. The first-order valence-corrected chi connectivity index (χ1v) is 5.06. The van der Waals surface area contributed by atoms with Gasteiger partial charge in [0.25, 0.3) is 0 Å². The van der Waals surface area contributed by atoms with Crippen LogP contribution in [0.1, 0.15) is 15.9 Å². The molecule has 0 saturated carbocycles. The van der Waals surface area contributed by atoms with E-state index >= 15 is 0 Å². The summed E-state index contributed by atoms with van der Waals surface area (Å²) in [6, 6.07) is 2.74. The molecule has 0 saturated heterocycles. The van der Waals surface area contributed by atoms with Gasteiger partial charge < -0.3 is 14.9 Å². The molecular weight excluding hydrogens is 280 g/mol. The first-order chi connectivity index (χ1) is 7.45. The zero-order chi connectivity index (χ0) is 12.3. The number of carbonyl (C=O) groups is 2. The number of hydrogen-bond acceptors (Lipinski definition) is 3. The molecule has 6 heteroatoms. The van der Waals surface area contributed by atoms with Gasteiger partial charge in [-0.25, -0.2) is 4.79 Å². The second-order valence-electron chi connectivity index (χ2n) is 3.02. The van der Waals surface area contributed by atoms with E-state index in [9.17, 15) is 9.59 Å². The molecule has 0 atom stereocenters. The van der Waals surface area contributed by atoms with Crippen molar-refractivity contribution >= 4 is 27.9 Å². The Labute approximate surface area is 99.8 Å². The van der Waals surface area contributed by atoms with Crippen LogP contribution in [-0.4, -0.2) is 29.3 Å². The van der Waals surface area contributed by atoms with Crippen molar-refractivity contribution < 1.29 is 24.5 Å². The first kappa shape index (κ1) is 12.5. The van der Waals surface area contributed by atoms with Crippen molar-refractivity contribution in [3.63, 3.8) is 0 Å². The Kier molecular flexibility index (Phi) is 3.89. The van der Waals surface area contributed by atoms with Crippen LogP contribution in [0.2, 0.25) is 0 Å². The van der Waals surface area contributed by atoms with Crippen LogP contribution in [0.15, 0.2) is 16.6 Å². The van der Waals surface area contributed by atoms with Crippen molar-refractivity contribution in [2.45, 2.75) is 6.42 Å². The Balaban J connectivity index is 3.30. The second kappa shape index (κ2) is 4.98. The van der Waals surface area contributed by atoms with Gasteiger partial charge in [0.2, 0.25) is 0 Å². The molecule has 0 heterocycles. The van der Waals surface area contributed by atoms with E-state index in [1.54, 1.807) is 0 Å². The molecule has 1 rings (SSSR count). The number of methoxy groups -OCH3 is 1. The molecule has 0 bridgehead atoms. The SMILES string of the molecule is COc1cc(CC(=O)O)c(C(=O)O)cc1Br. The molecule has 0 amide bonds. The molecule has 0 aliphatic heterocycles. The summed E-state index contributed by atoms with van der Waals surface area (Å²) in [6.45, 7) is 0. The summed E-state index contributed by atoms with van der Waals surface area (Å²) < 4.78 is 5.44. The van der Waals surface area contributed by atoms with Crippen molar-refractivity contribution in [2.75, 3.05) is 7.11 Å². The average molecular weight is 289 g/mol. The van der Waals surface area contributed by atoms with Crippen molar-refractivity contribution in [2.24, 2.45) is 0 Å². The van der Waals surface area contributed by atoms with Crippen LogP contribution in [0.4, 0.5) is 0 Å². The van der Waals surface area contributed by atoms with E-state index < -0.39 is 11.9 Å². The molecule has 86 valence electrons. The minimum atomic E-state index is -1.17. The molecule has 0 aliphatic rings. The summed E-state index contributed by atoms with van der Waals surface area (Å²) in [6.07, 6.45) is -0.356. The molecule has 0 unspecified atom stereocenters. The van der Waals surface area contributed by atoms with Crippen LogP contribution in [0.3, 0.4) is 0 Å². The van der Waals surface area contributed by atoms with Gasteiger partial charge in [-0.15, -0.1) is 0 Å². The van der Waals surface area contributed by atoms with E-state index in [2.05, 4.69) is 15.9 Å². The van der Waals surface area contributed by atoms with Crippen molar-refractivity contribution in [3.05, 3.63) is 27.7 Å². The van der Waals surface area contributed by atoms with Gasteiger partial charge in [0.15, 0.2) is 0 Å². The molecule has 0 radical (unpaired) electrons. The Bertz CT molecular complexity index is 441. The zero-order valence-corrected chi connectivity index (χ0v) is 9.94. The van der Waals surface area contributed by atoms with Crippen LogP contribution in [-0.2, 0) is 11.2 Å². The van der Waals surface area contributed by atoms with Gasteiger partial charge in [-0.3, -0.25) is 4.79 Å². The number of hydrogen-bond donors (Lipinski definition) is 2. The average Bonchev–Trinajstić information content (AvgIpc) is 2.19. The Morgan fingerprint density at radius 2 is 2.00 bits per heavy atom. The maximum absolute atomic E-state index is 10.9. The minimum Gasteiger partial charge on any atom is -0.496 e. The van der Waals surface area contributed by atoms with E-state index in [-0.39, 0.29) is 17.5 Å². The molecule has 0 fully saturated rings. The van der Waals surface area contributed by atoms with Crippen molar-refractivity contribution in [1.29, 1.82) is 0 Å². The van der Waals surface area contributed by atoms with Gasteiger partial charge in [-0.2, -0.15) is 0 Å². The predicted octanol–water partition coefficient (Wildman–Crippen LogP) is 1.78. The number of aliphatic carboxylic acids is 1. The third kappa shape index (κ3) is 2.73. The maximum atomic E-state index is 10.9. The van der Waals surface area contributed by atoms with Gasteiger partial charge in [0, 0.05) is 0 Å². The number of benzene rings is 1. The fourth-order valence-corrected chi connectivity index (χ4v) is 1.77. The topological polar surface area (TPSA) is 83.8 Å². The summed E-state index contributed by atoms with van der Waals surface area (Å²) in [7, 11) is 1.42. The first-order valence-electron chi connectivity index (χ1n) is 4.27. The van der Waals surface area contributed by atoms with Crippen LogP contribution >= 0.6 is 15.9 Å². The number of carboxylic acids is 2. The molecule has 5 nitrogen and oxygen atoms in total. The van der Waals surface area contributed by atoms with Gasteiger partial charge in [-0.1, -0.05) is 0 Å². The molecule has 1 aromatic carbocycles. The number of carboxylic acid groups (broad SMARTS) is 2. The van der Waals surface area contributed by atoms with Gasteiger partial charge in [-0.05, 0) is 33.6 Å². The van der Waals surface area contributed by atoms with E-state index in [0.29, 0.717) is 10.2 Å².